The Morgan fingerprint density at radius 3 is 2.68 bits per heavy atom. The van der Waals surface area contributed by atoms with E-state index < -0.39 is 11.7 Å². The molecule has 0 aliphatic carbocycles. The lowest BCUT2D eigenvalue weighted by Crippen LogP contribution is -2.44. The van der Waals surface area contributed by atoms with Crippen molar-refractivity contribution in [1.29, 1.82) is 0 Å². The van der Waals surface area contributed by atoms with Gasteiger partial charge in [-0.05, 0) is 39.1 Å². The molecule has 2 rings (SSSR count). The lowest BCUT2D eigenvalue weighted by atomic mass is 10.1. The van der Waals surface area contributed by atoms with Gasteiger partial charge in [0.2, 0.25) is 5.91 Å². The fourth-order valence-corrected chi connectivity index (χ4v) is 2.68. The number of fused-ring (bicyclic) bond motifs is 1. The highest BCUT2D eigenvalue weighted by Gasteiger charge is 2.36. The minimum absolute atomic E-state index is 0.0639. The van der Waals surface area contributed by atoms with Crippen LogP contribution in [0.3, 0.4) is 0 Å². The third-order valence-corrected chi connectivity index (χ3v) is 3.67. The van der Waals surface area contributed by atoms with Gasteiger partial charge in [0.1, 0.15) is 0 Å². The van der Waals surface area contributed by atoms with E-state index in [0.717, 1.165) is 4.47 Å². The number of carbonyl (C=O) groups is 3. The van der Waals surface area contributed by atoms with E-state index in [9.17, 15) is 14.4 Å². The average Bonchev–Trinajstić information content (AvgIpc) is 2.62. The van der Waals surface area contributed by atoms with E-state index in [2.05, 4.69) is 21.2 Å². The predicted molar refractivity (Wildman–Crippen MR) is 86.7 cm³/mol. The van der Waals surface area contributed by atoms with E-state index in [1.165, 1.54) is 4.90 Å². The molecule has 2 amide bonds. The Balaban J connectivity index is 2.09. The second-order valence-corrected chi connectivity index (χ2v) is 6.52. The number of likely N-dealkylation sites (N-methyl/N-ethyl adjacent to an activating group) is 1. The fourth-order valence-electron chi connectivity index (χ4n) is 2.32. The molecular formula is C15H18BrN3O3. The lowest BCUT2D eigenvalue weighted by Gasteiger charge is -2.24. The molecule has 1 aliphatic rings. The summed E-state index contributed by atoms with van der Waals surface area (Å²) in [6.45, 7) is 4.11. The van der Waals surface area contributed by atoms with Crippen LogP contribution in [-0.2, 0) is 9.59 Å². The minimum atomic E-state index is -0.566. The van der Waals surface area contributed by atoms with Crippen LogP contribution in [0.15, 0.2) is 22.7 Å². The molecule has 1 N–H and O–H groups in total. The second kappa shape index (κ2) is 6.58. The van der Waals surface area contributed by atoms with E-state index in [1.807, 2.05) is 13.8 Å². The monoisotopic (exact) mass is 367 g/mol. The molecule has 0 bridgehead atoms. The zero-order chi connectivity index (χ0) is 16.4. The van der Waals surface area contributed by atoms with Crippen molar-refractivity contribution in [3.05, 3.63) is 28.2 Å². The molecule has 1 heterocycles. The molecule has 0 saturated heterocycles. The fraction of sp³-hybridized carbons (Fsp3) is 0.400. The molecule has 0 atom stereocenters. The summed E-state index contributed by atoms with van der Waals surface area (Å²) in [5, 5.41) is 2.79. The first kappa shape index (κ1) is 16.6. The van der Waals surface area contributed by atoms with Crippen LogP contribution in [0.25, 0.3) is 0 Å². The molecule has 0 spiro atoms. The summed E-state index contributed by atoms with van der Waals surface area (Å²) in [5.74, 6) is -1.20. The number of benzene rings is 1. The van der Waals surface area contributed by atoms with Gasteiger partial charge in [0.25, 0.3) is 5.78 Å². The van der Waals surface area contributed by atoms with Crippen molar-refractivity contribution in [3.8, 4) is 0 Å². The maximum Gasteiger partial charge on any atom is 0.300 e. The Morgan fingerprint density at radius 2 is 2.05 bits per heavy atom. The van der Waals surface area contributed by atoms with Gasteiger partial charge >= 0.3 is 5.91 Å². The number of amides is 2. The summed E-state index contributed by atoms with van der Waals surface area (Å²) in [5.41, 5.74) is 0.966. The Bertz CT molecular complexity index is 630. The minimum Gasteiger partial charge on any atom is -0.353 e. The maximum atomic E-state index is 12.1. The first-order chi connectivity index (χ1) is 10.3. The van der Waals surface area contributed by atoms with Gasteiger partial charge in [-0.25, -0.2) is 0 Å². The third-order valence-electron chi connectivity index (χ3n) is 3.18. The van der Waals surface area contributed by atoms with E-state index >= 15 is 0 Å². The van der Waals surface area contributed by atoms with Crippen molar-refractivity contribution in [1.82, 2.24) is 10.2 Å². The summed E-state index contributed by atoms with van der Waals surface area (Å²) in [6.07, 6.45) is 0. The standard InChI is InChI=1S/C15H18BrN3O3/c1-9(2)17-13(20)7-18(3)8-19-12-5-4-10(16)6-11(12)14(21)15(19)22/h4-6,9H,7-8H2,1-3H3,(H,17,20). The Kier molecular flexibility index (Phi) is 4.97. The lowest BCUT2D eigenvalue weighted by molar-refractivity contribution is -0.123. The molecular weight excluding hydrogens is 350 g/mol. The highest BCUT2D eigenvalue weighted by atomic mass is 79.9. The molecule has 0 saturated carbocycles. The van der Waals surface area contributed by atoms with Crippen molar-refractivity contribution in [2.75, 3.05) is 25.2 Å². The van der Waals surface area contributed by atoms with Crippen LogP contribution in [0.1, 0.15) is 24.2 Å². The van der Waals surface area contributed by atoms with Crippen LogP contribution in [0.5, 0.6) is 0 Å². The van der Waals surface area contributed by atoms with Gasteiger partial charge < -0.3 is 5.32 Å². The van der Waals surface area contributed by atoms with Crippen LogP contribution < -0.4 is 10.2 Å². The molecule has 0 fully saturated rings. The van der Waals surface area contributed by atoms with Crippen molar-refractivity contribution in [2.24, 2.45) is 0 Å². The number of halogens is 1. The highest BCUT2D eigenvalue weighted by molar-refractivity contribution is 9.10. The average molecular weight is 368 g/mol. The van der Waals surface area contributed by atoms with E-state index in [4.69, 9.17) is 0 Å². The smallest absolute Gasteiger partial charge is 0.300 e. The molecule has 118 valence electrons. The number of Topliss-reactive ketones (excluding diaryl/α,β-unsaturated/α-hetero) is 1. The van der Waals surface area contributed by atoms with Gasteiger partial charge in [-0.2, -0.15) is 0 Å². The molecule has 1 aromatic carbocycles. The Labute approximate surface area is 137 Å². The summed E-state index contributed by atoms with van der Waals surface area (Å²) in [4.78, 5) is 38.9. The van der Waals surface area contributed by atoms with E-state index in [1.54, 1.807) is 30.1 Å². The highest BCUT2D eigenvalue weighted by Crippen LogP contribution is 2.31. The molecule has 22 heavy (non-hydrogen) atoms. The number of ketones is 1. The number of carbonyl (C=O) groups excluding carboxylic acids is 3. The van der Waals surface area contributed by atoms with E-state index in [0.29, 0.717) is 11.3 Å². The number of nitrogens with one attached hydrogen (secondary N) is 1. The molecule has 0 radical (unpaired) electrons. The number of anilines is 1. The number of hydrogen-bond donors (Lipinski definition) is 1. The van der Waals surface area contributed by atoms with E-state index in [-0.39, 0.29) is 25.2 Å². The molecule has 0 unspecified atom stereocenters. The van der Waals surface area contributed by atoms with Crippen LogP contribution >= 0.6 is 15.9 Å². The predicted octanol–water partition coefficient (Wildman–Crippen LogP) is 1.39. The first-order valence-corrected chi connectivity index (χ1v) is 7.72. The third kappa shape index (κ3) is 3.53. The van der Waals surface area contributed by atoms with Gasteiger partial charge in [-0.3, -0.25) is 24.2 Å². The Morgan fingerprint density at radius 1 is 1.36 bits per heavy atom. The zero-order valence-electron chi connectivity index (χ0n) is 12.7. The summed E-state index contributed by atoms with van der Waals surface area (Å²) in [7, 11) is 1.73. The van der Waals surface area contributed by atoms with Crippen molar-refractivity contribution < 1.29 is 14.4 Å². The van der Waals surface area contributed by atoms with Gasteiger partial charge in [0, 0.05) is 10.5 Å². The molecule has 1 aromatic rings. The number of rotatable bonds is 5. The normalized spacial score (nSPS) is 14.0. The summed E-state index contributed by atoms with van der Waals surface area (Å²) in [6, 6.07) is 5.21. The van der Waals surface area contributed by atoms with Gasteiger partial charge in [0.15, 0.2) is 0 Å². The summed E-state index contributed by atoms with van der Waals surface area (Å²) < 4.78 is 0.749. The second-order valence-electron chi connectivity index (χ2n) is 5.60. The SMILES string of the molecule is CC(C)NC(=O)CN(C)CN1C(=O)C(=O)c2cc(Br)ccc21. The molecule has 6 nitrogen and oxygen atoms in total. The van der Waals surface area contributed by atoms with Crippen LogP contribution in [0, 0.1) is 0 Å². The van der Waals surface area contributed by atoms with Crippen LogP contribution in [0.2, 0.25) is 0 Å². The summed E-state index contributed by atoms with van der Waals surface area (Å²) >= 11 is 3.29. The van der Waals surface area contributed by atoms with Gasteiger partial charge in [-0.15, -0.1) is 0 Å². The topological polar surface area (TPSA) is 69.7 Å². The molecule has 0 aromatic heterocycles. The first-order valence-electron chi connectivity index (χ1n) is 6.93. The van der Waals surface area contributed by atoms with Crippen molar-refractivity contribution in [2.45, 2.75) is 19.9 Å². The number of hydrogen-bond acceptors (Lipinski definition) is 4. The van der Waals surface area contributed by atoms with Crippen molar-refractivity contribution in [3.63, 3.8) is 0 Å². The quantitative estimate of drug-likeness (QED) is 0.798. The van der Waals surface area contributed by atoms with Crippen molar-refractivity contribution >= 4 is 39.2 Å². The number of nitrogens with zero attached hydrogens (tertiary/aromatic N) is 2. The molecule has 7 heteroatoms. The van der Waals surface area contributed by atoms with Crippen LogP contribution in [-0.4, -0.2) is 48.8 Å². The maximum absolute atomic E-state index is 12.1. The molecule has 1 aliphatic heterocycles. The van der Waals surface area contributed by atoms with Gasteiger partial charge in [-0.1, -0.05) is 15.9 Å². The van der Waals surface area contributed by atoms with Crippen LogP contribution in [0.4, 0.5) is 5.69 Å². The zero-order valence-corrected chi connectivity index (χ0v) is 14.3. The van der Waals surface area contributed by atoms with Gasteiger partial charge in [0.05, 0.1) is 24.5 Å². The Hall–Kier alpha value is -1.73. The largest absolute Gasteiger partial charge is 0.353 e.